The van der Waals surface area contributed by atoms with Crippen LogP contribution in [-0.4, -0.2) is 112 Å². The normalized spacial score (nSPS) is 32.3. The topological polar surface area (TPSA) is 271 Å². The van der Waals surface area contributed by atoms with Gasteiger partial charge < -0.3 is 70.1 Å². The molecule has 0 unspecified atom stereocenters. The highest BCUT2D eigenvalue weighted by molar-refractivity contribution is 5.92. The molecule has 3 heterocycles. The highest BCUT2D eigenvalue weighted by Crippen LogP contribution is 2.50. The van der Waals surface area contributed by atoms with Crippen molar-refractivity contribution in [1.82, 2.24) is 0 Å². The Labute approximate surface area is 229 Å². The molecule has 1 aromatic heterocycles. The van der Waals surface area contributed by atoms with Crippen molar-refractivity contribution in [2.75, 3.05) is 13.2 Å². The van der Waals surface area contributed by atoms with Crippen LogP contribution in [0.15, 0.2) is 33.5 Å². The number of fused-ring (bicyclic) bond motifs is 1. The summed E-state index contributed by atoms with van der Waals surface area (Å²) in [6.07, 6.45) is -16.0. The van der Waals surface area contributed by atoms with Crippen LogP contribution in [-0.2, 0) is 9.47 Å². The molecule has 0 saturated carbocycles. The van der Waals surface area contributed by atoms with Gasteiger partial charge >= 0.3 is 0 Å². The van der Waals surface area contributed by atoms with Gasteiger partial charge in [0.2, 0.25) is 0 Å². The van der Waals surface area contributed by atoms with E-state index >= 15 is 0 Å². The van der Waals surface area contributed by atoms with E-state index in [1.165, 1.54) is 6.07 Å². The molecule has 9 atom stereocenters. The second-order valence-corrected chi connectivity index (χ2v) is 9.96. The van der Waals surface area contributed by atoms with Crippen LogP contribution in [0.5, 0.6) is 23.0 Å². The molecule has 15 nitrogen and oxygen atoms in total. The first-order valence-corrected chi connectivity index (χ1v) is 12.4. The van der Waals surface area contributed by atoms with Crippen LogP contribution in [0.25, 0.3) is 22.3 Å². The minimum Gasteiger partial charge on any atom is -0.507 e. The summed E-state index contributed by atoms with van der Waals surface area (Å²) in [5.41, 5.74) is -2.64. The van der Waals surface area contributed by atoms with Crippen molar-refractivity contribution in [3.63, 3.8) is 0 Å². The lowest BCUT2D eigenvalue weighted by Gasteiger charge is -2.41. The van der Waals surface area contributed by atoms with Gasteiger partial charge in [-0.2, -0.15) is 0 Å². The molecule has 2 aromatic carbocycles. The molecular weight excluding hydrogens is 552 g/mol. The number of benzene rings is 2. The second-order valence-electron chi connectivity index (χ2n) is 9.96. The Morgan fingerprint density at radius 2 is 1.44 bits per heavy atom. The number of ether oxygens (including phenoxy) is 2. The van der Waals surface area contributed by atoms with E-state index in [-0.39, 0.29) is 11.3 Å². The summed E-state index contributed by atoms with van der Waals surface area (Å²) < 4.78 is 16.8. The van der Waals surface area contributed by atoms with Gasteiger partial charge in [-0.25, -0.2) is 0 Å². The summed E-state index contributed by atoms with van der Waals surface area (Å²) in [5, 5.41) is 113. The monoisotopic (exact) mass is 580 g/mol. The number of phenols is 4. The molecule has 2 aliphatic rings. The Hall–Kier alpha value is -3.51. The third kappa shape index (κ3) is 4.66. The minimum absolute atomic E-state index is 0.0720. The number of aliphatic hydroxyl groups is 7. The third-order valence-corrected chi connectivity index (χ3v) is 7.42. The van der Waals surface area contributed by atoms with Crippen LogP contribution in [0.2, 0.25) is 0 Å². The van der Waals surface area contributed by atoms with Crippen LogP contribution < -0.4 is 5.43 Å². The predicted octanol–water partition coefficient (Wildman–Crippen LogP) is -2.05. The summed E-state index contributed by atoms with van der Waals surface area (Å²) >= 11 is 0. The van der Waals surface area contributed by atoms with Crippen LogP contribution in [0.1, 0.15) is 23.3 Å². The van der Waals surface area contributed by atoms with Crippen molar-refractivity contribution in [3.05, 3.63) is 45.6 Å². The zero-order valence-corrected chi connectivity index (χ0v) is 21.0. The smallest absolute Gasteiger partial charge is 0.197 e. The highest BCUT2D eigenvalue weighted by Gasteiger charge is 2.48. The first-order valence-electron chi connectivity index (χ1n) is 12.4. The molecule has 3 aromatic rings. The maximum Gasteiger partial charge on any atom is 0.197 e. The van der Waals surface area contributed by atoms with E-state index in [4.69, 9.17) is 13.9 Å². The second kappa shape index (κ2) is 10.7. The molecule has 11 N–H and O–H groups in total. The number of phenolic OH excluding ortho intramolecular Hbond substituents is 4. The summed E-state index contributed by atoms with van der Waals surface area (Å²) in [6.45, 7) is -1.39. The fourth-order valence-electron chi connectivity index (χ4n) is 5.16. The van der Waals surface area contributed by atoms with Crippen molar-refractivity contribution < 1.29 is 70.1 Å². The number of hydrogen-bond acceptors (Lipinski definition) is 15. The molecule has 222 valence electrons. The average molecular weight is 580 g/mol. The fourth-order valence-corrected chi connectivity index (χ4v) is 5.16. The summed E-state index contributed by atoms with van der Waals surface area (Å²) in [4.78, 5) is 13.4. The average Bonchev–Trinajstić information content (AvgIpc) is 2.93. The number of aliphatic hydroxyl groups excluding tert-OH is 7. The quantitative estimate of drug-likeness (QED) is 0.148. The lowest BCUT2D eigenvalue weighted by Crippen LogP contribution is -2.55. The molecule has 41 heavy (non-hydrogen) atoms. The molecule has 15 heteroatoms. The van der Waals surface area contributed by atoms with Gasteiger partial charge in [-0.05, 0) is 18.2 Å². The molecule has 5 rings (SSSR count). The fraction of sp³-hybridized carbons (Fsp3) is 0.423. The first-order chi connectivity index (χ1) is 19.4. The van der Waals surface area contributed by atoms with Crippen LogP contribution in [0.3, 0.4) is 0 Å². The van der Waals surface area contributed by atoms with Crippen LogP contribution >= 0.6 is 0 Å². The van der Waals surface area contributed by atoms with E-state index in [1.807, 2.05) is 0 Å². The maximum absolute atomic E-state index is 13.4. The molecule has 0 bridgehead atoms. The molecule has 0 amide bonds. The Kier molecular flexibility index (Phi) is 7.58. The van der Waals surface area contributed by atoms with Crippen molar-refractivity contribution in [2.24, 2.45) is 0 Å². The zero-order chi connectivity index (χ0) is 29.9. The molecule has 2 aliphatic heterocycles. The summed E-state index contributed by atoms with van der Waals surface area (Å²) in [5.74, 6) is -3.21. The van der Waals surface area contributed by atoms with E-state index < -0.39 is 119 Å². The highest BCUT2D eigenvalue weighted by atomic mass is 16.5. The van der Waals surface area contributed by atoms with Gasteiger partial charge in [0.05, 0.1) is 24.3 Å². The number of hydrogen-bond donors (Lipinski definition) is 11. The Morgan fingerprint density at radius 3 is 2.10 bits per heavy atom. The molecule has 2 fully saturated rings. The van der Waals surface area contributed by atoms with Gasteiger partial charge in [0.1, 0.15) is 77.6 Å². The minimum atomic E-state index is -2.01. The van der Waals surface area contributed by atoms with E-state index in [0.29, 0.717) is 0 Å². The standard InChI is InChI=1S/C26H28O15/c27-5-13-18(33)21(36)23(38)26(41-13)15-19(34)14-10(30)4-12(7-1-2-8(28)9(29)3-7)40-24(14)16(20(15)35)25-22(37)17(32)11(31)6-39-25/h1-4,11,13,17-18,21-23,25-29,31-38H,5-6H2/t11-,13+,17+,18+,21-,22-,23+,25-,26+/m0/s1. The maximum atomic E-state index is 13.4. The van der Waals surface area contributed by atoms with Gasteiger partial charge in [-0.3, -0.25) is 4.79 Å². The van der Waals surface area contributed by atoms with Crippen molar-refractivity contribution in [3.8, 4) is 34.3 Å². The molecular formula is C26H28O15. The molecule has 0 radical (unpaired) electrons. The van der Waals surface area contributed by atoms with Gasteiger partial charge in [-0.15, -0.1) is 0 Å². The first kappa shape index (κ1) is 29.0. The van der Waals surface area contributed by atoms with Gasteiger partial charge in [-0.1, -0.05) is 0 Å². The Balaban J connectivity index is 1.81. The van der Waals surface area contributed by atoms with Crippen molar-refractivity contribution in [1.29, 1.82) is 0 Å². The van der Waals surface area contributed by atoms with Crippen LogP contribution in [0, 0.1) is 0 Å². The van der Waals surface area contributed by atoms with E-state index in [9.17, 15) is 61.0 Å². The van der Waals surface area contributed by atoms with E-state index in [2.05, 4.69) is 0 Å². The lowest BCUT2D eigenvalue weighted by molar-refractivity contribution is -0.232. The van der Waals surface area contributed by atoms with Crippen molar-refractivity contribution >= 4 is 11.0 Å². The van der Waals surface area contributed by atoms with Gasteiger partial charge in [0, 0.05) is 11.6 Å². The number of rotatable bonds is 4. The molecule has 0 aliphatic carbocycles. The molecule has 0 spiro atoms. The van der Waals surface area contributed by atoms with E-state index in [1.54, 1.807) is 0 Å². The van der Waals surface area contributed by atoms with Gasteiger partial charge in [0.25, 0.3) is 0 Å². The summed E-state index contributed by atoms with van der Waals surface area (Å²) in [7, 11) is 0. The predicted molar refractivity (Wildman–Crippen MR) is 134 cm³/mol. The lowest BCUT2D eigenvalue weighted by atomic mass is 9.85. The SMILES string of the molecule is O=c1cc(-c2ccc(O)c(O)c2)oc2c([C@@H]3OC[C@H](O)[C@@H](O)[C@@H]3O)c(O)c([C@H]3O[C@H](CO)[C@@H](O)[C@H](O)[C@H]3O)c(O)c12. The Bertz CT molecular complexity index is 1520. The summed E-state index contributed by atoms with van der Waals surface area (Å²) in [6, 6.07) is 4.36. The zero-order valence-electron chi connectivity index (χ0n) is 21.0. The van der Waals surface area contributed by atoms with Crippen LogP contribution in [0.4, 0.5) is 0 Å². The molecule has 2 saturated heterocycles. The van der Waals surface area contributed by atoms with Crippen molar-refractivity contribution in [2.45, 2.75) is 54.9 Å². The number of aromatic hydroxyl groups is 4. The largest absolute Gasteiger partial charge is 0.507 e. The Morgan fingerprint density at radius 1 is 0.756 bits per heavy atom. The van der Waals surface area contributed by atoms with Gasteiger partial charge in [0.15, 0.2) is 22.5 Å². The van der Waals surface area contributed by atoms with E-state index in [0.717, 1.165) is 18.2 Å². The third-order valence-electron chi connectivity index (χ3n) is 7.42.